The van der Waals surface area contributed by atoms with Crippen LogP contribution in [-0.4, -0.2) is 21.7 Å². The van der Waals surface area contributed by atoms with Gasteiger partial charge in [-0.1, -0.05) is 28.9 Å². The van der Waals surface area contributed by atoms with Crippen molar-refractivity contribution in [1.29, 1.82) is 0 Å². The molecular weight excluding hydrogens is 333 g/mol. The van der Waals surface area contributed by atoms with Gasteiger partial charge in [-0.2, -0.15) is 4.98 Å². The lowest BCUT2D eigenvalue weighted by Crippen LogP contribution is -1.98. The molecule has 0 aliphatic carbocycles. The summed E-state index contributed by atoms with van der Waals surface area (Å²) in [7, 11) is 0. The zero-order chi connectivity index (χ0) is 18.1. The van der Waals surface area contributed by atoms with Gasteiger partial charge in [-0.3, -0.25) is 0 Å². The molecule has 130 valence electrons. The molecule has 0 aliphatic rings. The zero-order valence-electron chi connectivity index (χ0n) is 14.4. The van der Waals surface area contributed by atoms with E-state index >= 15 is 0 Å². The summed E-state index contributed by atoms with van der Waals surface area (Å²) in [5.74, 6) is 0.428. The van der Waals surface area contributed by atoms with Crippen LogP contribution < -0.4 is 4.74 Å². The Labute approximate surface area is 149 Å². The maximum Gasteiger partial charge on any atom is 0.261 e. The van der Waals surface area contributed by atoms with Gasteiger partial charge in [0.15, 0.2) is 0 Å². The zero-order valence-corrected chi connectivity index (χ0v) is 14.4. The maximum atomic E-state index is 14.0. The molecule has 0 aliphatic heterocycles. The molecule has 0 saturated carbocycles. The fraction of sp³-hybridized carbons (Fsp3) is 0.150. The number of rotatable bonds is 4. The fourth-order valence-electron chi connectivity index (χ4n) is 2.76. The van der Waals surface area contributed by atoms with E-state index in [1.54, 1.807) is 18.2 Å². The predicted octanol–water partition coefficient (Wildman–Crippen LogP) is 4.80. The van der Waals surface area contributed by atoms with Gasteiger partial charge in [0, 0.05) is 5.39 Å². The molecule has 0 atom stereocenters. The molecule has 26 heavy (non-hydrogen) atoms. The van der Waals surface area contributed by atoms with Gasteiger partial charge in [0.05, 0.1) is 23.3 Å². The van der Waals surface area contributed by atoms with Crippen molar-refractivity contribution in [3.8, 4) is 28.7 Å². The van der Waals surface area contributed by atoms with Crippen molar-refractivity contribution < 1.29 is 13.7 Å². The summed E-state index contributed by atoms with van der Waals surface area (Å²) in [6, 6.07) is 14.2. The maximum absolute atomic E-state index is 14.0. The molecule has 0 fully saturated rings. The highest BCUT2D eigenvalue weighted by atomic mass is 19.1. The molecule has 0 radical (unpaired) electrons. The molecule has 4 rings (SSSR count). The van der Waals surface area contributed by atoms with Crippen LogP contribution in [0, 0.1) is 12.7 Å². The standard InChI is InChI=1S/C20H16FN3O2/c1-3-25-19-15(11-13-10-12(2)8-9-17(13)22-19)18-23-20(26-24-18)14-6-4-5-7-16(14)21/h4-11H,3H2,1-2H3. The quantitative estimate of drug-likeness (QED) is 0.530. The van der Waals surface area contributed by atoms with Crippen LogP contribution in [0.2, 0.25) is 0 Å². The average molecular weight is 349 g/mol. The second kappa shape index (κ2) is 6.55. The molecule has 0 N–H and O–H groups in total. The van der Waals surface area contributed by atoms with Crippen LogP contribution >= 0.6 is 0 Å². The van der Waals surface area contributed by atoms with Crippen molar-refractivity contribution in [1.82, 2.24) is 15.1 Å². The number of nitrogens with zero attached hydrogens (tertiary/aromatic N) is 3. The molecule has 2 aromatic heterocycles. The minimum absolute atomic E-state index is 0.116. The molecule has 0 bridgehead atoms. The third kappa shape index (κ3) is 2.90. The van der Waals surface area contributed by atoms with E-state index in [-0.39, 0.29) is 11.5 Å². The summed E-state index contributed by atoms with van der Waals surface area (Å²) in [5, 5.41) is 4.95. The van der Waals surface area contributed by atoms with Gasteiger partial charge in [-0.05, 0) is 44.2 Å². The van der Waals surface area contributed by atoms with Crippen LogP contribution in [0.5, 0.6) is 5.88 Å². The predicted molar refractivity (Wildman–Crippen MR) is 96.3 cm³/mol. The van der Waals surface area contributed by atoms with Gasteiger partial charge in [-0.15, -0.1) is 0 Å². The minimum Gasteiger partial charge on any atom is -0.477 e. The van der Waals surface area contributed by atoms with E-state index in [4.69, 9.17) is 9.26 Å². The Balaban J connectivity index is 1.85. The first-order chi connectivity index (χ1) is 12.7. The summed E-state index contributed by atoms with van der Waals surface area (Å²) in [4.78, 5) is 8.91. The van der Waals surface area contributed by atoms with Crippen molar-refractivity contribution in [2.75, 3.05) is 6.61 Å². The van der Waals surface area contributed by atoms with E-state index in [9.17, 15) is 4.39 Å². The Morgan fingerprint density at radius 1 is 1.04 bits per heavy atom. The lowest BCUT2D eigenvalue weighted by atomic mass is 10.1. The fourth-order valence-corrected chi connectivity index (χ4v) is 2.76. The molecular formula is C20H16FN3O2. The molecule has 2 heterocycles. The SMILES string of the molecule is CCOc1nc2ccc(C)cc2cc1-c1noc(-c2ccccc2F)n1. The molecule has 0 unspecified atom stereocenters. The topological polar surface area (TPSA) is 61.0 Å². The van der Waals surface area contributed by atoms with E-state index in [0.29, 0.717) is 23.9 Å². The van der Waals surface area contributed by atoms with Crippen LogP contribution in [-0.2, 0) is 0 Å². The van der Waals surface area contributed by atoms with Crippen LogP contribution in [0.25, 0.3) is 33.7 Å². The second-order valence-corrected chi connectivity index (χ2v) is 5.87. The van der Waals surface area contributed by atoms with E-state index in [2.05, 4.69) is 15.1 Å². The number of pyridine rings is 1. The monoisotopic (exact) mass is 349 g/mol. The van der Waals surface area contributed by atoms with Crippen molar-refractivity contribution >= 4 is 10.9 Å². The second-order valence-electron chi connectivity index (χ2n) is 5.87. The molecule has 6 heteroatoms. The van der Waals surface area contributed by atoms with Gasteiger partial charge in [0.2, 0.25) is 11.7 Å². The van der Waals surface area contributed by atoms with Crippen molar-refractivity contribution in [3.63, 3.8) is 0 Å². The number of hydrogen-bond donors (Lipinski definition) is 0. The Bertz CT molecular complexity index is 1090. The Kier molecular flexibility index (Phi) is 4.08. The lowest BCUT2D eigenvalue weighted by molar-refractivity contribution is 0.329. The number of hydrogen-bond acceptors (Lipinski definition) is 5. The van der Waals surface area contributed by atoms with Gasteiger partial charge >= 0.3 is 0 Å². The number of aryl methyl sites for hydroxylation is 1. The molecule has 4 aromatic rings. The Morgan fingerprint density at radius 3 is 2.69 bits per heavy atom. The number of fused-ring (bicyclic) bond motifs is 1. The number of benzene rings is 2. The highest BCUT2D eigenvalue weighted by molar-refractivity contribution is 5.85. The number of aromatic nitrogens is 3. The Hall–Kier alpha value is -3.28. The smallest absolute Gasteiger partial charge is 0.261 e. The van der Waals surface area contributed by atoms with Crippen molar-refractivity contribution in [3.05, 3.63) is 59.9 Å². The van der Waals surface area contributed by atoms with Gasteiger partial charge in [0.25, 0.3) is 5.89 Å². The van der Waals surface area contributed by atoms with Crippen LogP contribution in [0.1, 0.15) is 12.5 Å². The van der Waals surface area contributed by atoms with Crippen molar-refractivity contribution in [2.45, 2.75) is 13.8 Å². The van der Waals surface area contributed by atoms with Gasteiger partial charge in [0.1, 0.15) is 5.82 Å². The third-order valence-corrected chi connectivity index (χ3v) is 3.99. The minimum atomic E-state index is -0.417. The van der Waals surface area contributed by atoms with Gasteiger partial charge < -0.3 is 9.26 Å². The summed E-state index contributed by atoms with van der Waals surface area (Å²) in [5.41, 5.74) is 2.81. The normalized spacial score (nSPS) is 11.0. The van der Waals surface area contributed by atoms with Crippen LogP contribution in [0.15, 0.2) is 53.1 Å². The first kappa shape index (κ1) is 16.2. The average Bonchev–Trinajstić information content (AvgIpc) is 3.11. The summed E-state index contributed by atoms with van der Waals surface area (Å²) in [6.45, 7) is 4.35. The lowest BCUT2D eigenvalue weighted by Gasteiger charge is -2.08. The summed E-state index contributed by atoms with van der Waals surface area (Å²) < 4.78 is 24.9. The highest BCUT2D eigenvalue weighted by Gasteiger charge is 2.18. The molecule has 0 spiro atoms. The number of ether oxygens (including phenoxy) is 1. The van der Waals surface area contributed by atoms with Crippen LogP contribution in [0.3, 0.4) is 0 Å². The highest BCUT2D eigenvalue weighted by Crippen LogP contribution is 2.32. The van der Waals surface area contributed by atoms with Crippen molar-refractivity contribution in [2.24, 2.45) is 0 Å². The first-order valence-electron chi connectivity index (χ1n) is 8.29. The van der Waals surface area contributed by atoms with Crippen LogP contribution in [0.4, 0.5) is 4.39 Å². The Morgan fingerprint density at radius 2 is 1.88 bits per heavy atom. The number of halogens is 1. The molecule has 2 aromatic carbocycles. The van der Waals surface area contributed by atoms with Gasteiger partial charge in [-0.25, -0.2) is 9.37 Å². The first-order valence-corrected chi connectivity index (χ1v) is 8.29. The van der Waals surface area contributed by atoms with E-state index in [0.717, 1.165) is 16.5 Å². The van der Waals surface area contributed by atoms with E-state index in [1.165, 1.54) is 6.07 Å². The third-order valence-electron chi connectivity index (χ3n) is 3.99. The molecule has 5 nitrogen and oxygen atoms in total. The molecule has 0 saturated heterocycles. The summed E-state index contributed by atoms with van der Waals surface area (Å²) >= 11 is 0. The summed E-state index contributed by atoms with van der Waals surface area (Å²) in [6.07, 6.45) is 0. The largest absolute Gasteiger partial charge is 0.477 e. The molecule has 0 amide bonds. The van der Waals surface area contributed by atoms with E-state index < -0.39 is 5.82 Å². The van der Waals surface area contributed by atoms with E-state index in [1.807, 2.05) is 38.1 Å².